The first kappa shape index (κ1) is 9.86. The maximum absolute atomic E-state index is 4.35. The van der Waals surface area contributed by atoms with Gasteiger partial charge in [0.05, 0.1) is 5.69 Å². The van der Waals surface area contributed by atoms with Gasteiger partial charge in [-0.25, -0.2) is 0 Å². The second-order valence-corrected chi connectivity index (χ2v) is 3.31. The average molecular weight is 202 g/mol. The molecule has 0 aliphatic heterocycles. The monoisotopic (exact) mass is 202 g/mol. The van der Waals surface area contributed by atoms with Crippen LogP contribution in [-0.4, -0.2) is 28.4 Å². The molecule has 0 amide bonds. The molecular weight excluding hydrogens is 188 g/mol. The summed E-state index contributed by atoms with van der Waals surface area (Å²) in [5.41, 5.74) is 1.02. The van der Waals surface area contributed by atoms with Gasteiger partial charge in [0.25, 0.3) is 0 Å². The fourth-order valence-corrected chi connectivity index (χ4v) is 1.57. The molecule has 0 saturated heterocycles. The Morgan fingerprint density at radius 3 is 2.87 bits per heavy atom. The summed E-state index contributed by atoms with van der Waals surface area (Å²) in [7, 11) is 1.93. The number of hydrogen-bond acceptors (Lipinski definition) is 3. The smallest absolute Gasteiger partial charge is 0.106 e. The third-order valence-corrected chi connectivity index (χ3v) is 2.27. The Balaban J connectivity index is 2.28. The van der Waals surface area contributed by atoms with Gasteiger partial charge in [-0.2, -0.15) is 5.10 Å². The molecule has 2 heterocycles. The highest BCUT2D eigenvalue weighted by Gasteiger charge is 2.13. The van der Waals surface area contributed by atoms with Crippen molar-refractivity contribution < 1.29 is 0 Å². The summed E-state index contributed by atoms with van der Waals surface area (Å²) >= 11 is 0. The Morgan fingerprint density at radius 2 is 2.27 bits per heavy atom. The fraction of sp³-hybridized carbons (Fsp3) is 0.273. The Labute approximate surface area is 89.0 Å². The van der Waals surface area contributed by atoms with E-state index >= 15 is 0 Å². The molecule has 4 heteroatoms. The number of likely N-dealkylation sites (N-methyl/N-ethyl adjacent to an activating group) is 1. The number of rotatable bonds is 4. The standard InChI is InChI=1S/C11H14N4/c1-12-9-11(15-8-4-7-14-15)10-5-2-3-6-13-10/h2-8,11-12H,9H2,1H3. The van der Waals surface area contributed by atoms with E-state index in [1.54, 1.807) is 6.20 Å². The minimum atomic E-state index is 0.159. The van der Waals surface area contributed by atoms with Crippen LogP contribution in [0.5, 0.6) is 0 Å². The van der Waals surface area contributed by atoms with E-state index in [1.165, 1.54) is 0 Å². The summed E-state index contributed by atoms with van der Waals surface area (Å²) in [6.07, 6.45) is 5.55. The number of nitrogens with zero attached hydrogens (tertiary/aromatic N) is 3. The first-order valence-corrected chi connectivity index (χ1v) is 4.96. The van der Waals surface area contributed by atoms with Crippen LogP contribution in [0.4, 0.5) is 0 Å². The second kappa shape index (κ2) is 4.70. The molecule has 0 spiro atoms. The highest BCUT2D eigenvalue weighted by molar-refractivity contribution is 5.10. The largest absolute Gasteiger partial charge is 0.317 e. The number of nitrogens with one attached hydrogen (secondary N) is 1. The molecule has 1 N–H and O–H groups in total. The molecule has 0 aliphatic rings. The normalized spacial score (nSPS) is 12.6. The minimum absolute atomic E-state index is 0.159. The van der Waals surface area contributed by atoms with E-state index in [0.717, 1.165) is 12.2 Å². The molecule has 0 radical (unpaired) electrons. The number of hydrogen-bond donors (Lipinski definition) is 1. The number of pyridine rings is 1. The summed E-state index contributed by atoms with van der Waals surface area (Å²) in [5.74, 6) is 0. The Morgan fingerprint density at radius 1 is 1.33 bits per heavy atom. The lowest BCUT2D eigenvalue weighted by molar-refractivity contribution is 0.489. The van der Waals surface area contributed by atoms with Gasteiger partial charge < -0.3 is 5.32 Å². The zero-order chi connectivity index (χ0) is 10.5. The van der Waals surface area contributed by atoms with Gasteiger partial charge in [0.1, 0.15) is 6.04 Å². The zero-order valence-corrected chi connectivity index (χ0v) is 8.67. The van der Waals surface area contributed by atoms with Gasteiger partial charge >= 0.3 is 0 Å². The summed E-state index contributed by atoms with van der Waals surface area (Å²) in [6.45, 7) is 0.818. The summed E-state index contributed by atoms with van der Waals surface area (Å²) in [4.78, 5) is 4.35. The fourth-order valence-electron chi connectivity index (χ4n) is 1.57. The molecular formula is C11H14N4. The van der Waals surface area contributed by atoms with Crippen LogP contribution < -0.4 is 5.32 Å². The second-order valence-electron chi connectivity index (χ2n) is 3.31. The van der Waals surface area contributed by atoms with E-state index in [0.29, 0.717) is 0 Å². The molecule has 0 fully saturated rings. The van der Waals surface area contributed by atoms with E-state index in [1.807, 2.05) is 48.4 Å². The van der Waals surface area contributed by atoms with Crippen LogP contribution in [0.15, 0.2) is 42.9 Å². The van der Waals surface area contributed by atoms with E-state index < -0.39 is 0 Å². The van der Waals surface area contributed by atoms with Crippen LogP contribution >= 0.6 is 0 Å². The molecule has 0 aromatic carbocycles. The third kappa shape index (κ3) is 2.22. The van der Waals surface area contributed by atoms with Crippen molar-refractivity contribution in [1.82, 2.24) is 20.1 Å². The Bertz CT molecular complexity index is 382. The Kier molecular flexibility index (Phi) is 3.09. The van der Waals surface area contributed by atoms with Crippen molar-refractivity contribution in [2.24, 2.45) is 0 Å². The highest BCUT2D eigenvalue weighted by atomic mass is 15.3. The van der Waals surface area contributed by atoms with Crippen LogP contribution in [0.2, 0.25) is 0 Å². The maximum atomic E-state index is 4.35. The van der Waals surface area contributed by atoms with Gasteiger partial charge in [0.15, 0.2) is 0 Å². The van der Waals surface area contributed by atoms with Crippen LogP contribution in [0, 0.1) is 0 Å². The number of aromatic nitrogens is 3. The van der Waals surface area contributed by atoms with Crippen molar-refractivity contribution in [2.45, 2.75) is 6.04 Å². The lowest BCUT2D eigenvalue weighted by atomic mass is 10.2. The quantitative estimate of drug-likeness (QED) is 0.807. The average Bonchev–Trinajstić information content (AvgIpc) is 2.80. The van der Waals surface area contributed by atoms with Crippen LogP contribution in [0.3, 0.4) is 0 Å². The molecule has 78 valence electrons. The van der Waals surface area contributed by atoms with Gasteiger partial charge in [-0.1, -0.05) is 6.07 Å². The van der Waals surface area contributed by atoms with Crippen molar-refractivity contribution >= 4 is 0 Å². The van der Waals surface area contributed by atoms with E-state index in [9.17, 15) is 0 Å². The molecule has 0 saturated carbocycles. The van der Waals surface area contributed by atoms with Gasteiger partial charge in [0.2, 0.25) is 0 Å². The third-order valence-electron chi connectivity index (χ3n) is 2.27. The van der Waals surface area contributed by atoms with Crippen LogP contribution in [0.1, 0.15) is 11.7 Å². The Hall–Kier alpha value is -1.68. The highest BCUT2D eigenvalue weighted by Crippen LogP contribution is 2.13. The summed E-state index contributed by atoms with van der Waals surface area (Å²) in [5, 5.41) is 7.40. The zero-order valence-electron chi connectivity index (χ0n) is 8.67. The van der Waals surface area contributed by atoms with E-state index in [4.69, 9.17) is 0 Å². The minimum Gasteiger partial charge on any atom is -0.317 e. The molecule has 2 aromatic rings. The van der Waals surface area contributed by atoms with E-state index in [2.05, 4.69) is 15.4 Å². The molecule has 4 nitrogen and oxygen atoms in total. The first-order chi connectivity index (χ1) is 7.42. The van der Waals surface area contributed by atoms with E-state index in [-0.39, 0.29) is 6.04 Å². The topological polar surface area (TPSA) is 42.7 Å². The van der Waals surface area contributed by atoms with Crippen LogP contribution in [0.25, 0.3) is 0 Å². The van der Waals surface area contributed by atoms with Crippen molar-refractivity contribution in [3.8, 4) is 0 Å². The van der Waals surface area contributed by atoms with Gasteiger partial charge in [-0.05, 0) is 25.2 Å². The van der Waals surface area contributed by atoms with Gasteiger partial charge in [-0.3, -0.25) is 9.67 Å². The van der Waals surface area contributed by atoms with Crippen molar-refractivity contribution in [2.75, 3.05) is 13.6 Å². The maximum Gasteiger partial charge on any atom is 0.106 e. The lowest BCUT2D eigenvalue weighted by Gasteiger charge is -2.16. The van der Waals surface area contributed by atoms with Crippen molar-refractivity contribution in [3.63, 3.8) is 0 Å². The van der Waals surface area contributed by atoms with Crippen LogP contribution in [-0.2, 0) is 0 Å². The summed E-state index contributed by atoms with van der Waals surface area (Å²) < 4.78 is 1.92. The van der Waals surface area contributed by atoms with Gasteiger partial charge in [0, 0.05) is 25.1 Å². The molecule has 2 rings (SSSR count). The van der Waals surface area contributed by atoms with Gasteiger partial charge in [-0.15, -0.1) is 0 Å². The molecule has 0 aliphatic carbocycles. The predicted octanol–water partition coefficient (Wildman–Crippen LogP) is 1.09. The summed E-state index contributed by atoms with van der Waals surface area (Å²) in [6, 6.07) is 8.01. The molecule has 0 bridgehead atoms. The molecule has 1 unspecified atom stereocenters. The molecule has 2 aromatic heterocycles. The van der Waals surface area contributed by atoms with Crippen molar-refractivity contribution in [3.05, 3.63) is 48.5 Å². The molecule has 15 heavy (non-hydrogen) atoms. The first-order valence-electron chi connectivity index (χ1n) is 4.96. The van der Waals surface area contributed by atoms with Crippen molar-refractivity contribution in [1.29, 1.82) is 0 Å². The SMILES string of the molecule is CNCC(c1ccccn1)n1cccn1. The lowest BCUT2D eigenvalue weighted by Crippen LogP contribution is -2.24. The predicted molar refractivity (Wildman–Crippen MR) is 58.5 cm³/mol. The molecule has 1 atom stereocenters.